The van der Waals surface area contributed by atoms with Crippen LogP contribution >= 0.6 is 0 Å². The minimum absolute atomic E-state index is 0.148. The summed E-state index contributed by atoms with van der Waals surface area (Å²) in [5.74, 6) is 0.317. The summed E-state index contributed by atoms with van der Waals surface area (Å²) in [5, 5.41) is 8.46. The van der Waals surface area contributed by atoms with Crippen molar-refractivity contribution in [1.29, 1.82) is 0 Å². The molecule has 0 bridgehead atoms. The van der Waals surface area contributed by atoms with E-state index in [0.29, 0.717) is 6.61 Å². The second-order valence-electron chi connectivity index (χ2n) is 4.63. The lowest BCUT2D eigenvalue weighted by atomic mass is 10.1. The highest BCUT2D eigenvalue weighted by Gasteiger charge is 2.02. The van der Waals surface area contributed by atoms with E-state index in [4.69, 9.17) is 9.94 Å². The fraction of sp³-hybridized carbons (Fsp3) is 0.188. The van der Waals surface area contributed by atoms with Gasteiger partial charge in [0.05, 0.1) is 6.42 Å². The maximum Gasteiger partial charge on any atom is 0.247 e. The van der Waals surface area contributed by atoms with Crippen molar-refractivity contribution in [1.82, 2.24) is 5.48 Å². The van der Waals surface area contributed by atoms with Crippen molar-refractivity contribution in [2.24, 2.45) is 0 Å². The van der Waals surface area contributed by atoms with Crippen molar-refractivity contribution in [2.45, 2.75) is 20.0 Å². The van der Waals surface area contributed by atoms with Crippen LogP contribution < -0.4 is 10.2 Å². The molecule has 4 heteroatoms. The molecule has 4 nitrogen and oxygen atoms in total. The van der Waals surface area contributed by atoms with Crippen molar-refractivity contribution in [2.75, 3.05) is 0 Å². The van der Waals surface area contributed by atoms with Gasteiger partial charge in [0, 0.05) is 0 Å². The molecule has 104 valence electrons. The normalized spacial score (nSPS) is 10.1. The molecule has 20 heavy (non-hydrogen) atoms. The first-order valence-corrected chi connectivity index (χ1v) is 6.37. The largest absolute Gasteiger partial charge is 0.489 e. The van der Waals surface area contributed by atoms with Crippen molar-refractivity contribution >= 4 is 5.91 Å². The number of aryl methyl sites for hydroxylation is 1. The fourth-order valence-corrected chi connectivity index (χ4v) is 1.78. The Morgan fingerprint density at radius 3 is 2.25 bits per heavy atom. The molecule has 1 amide bonds. The summed E-state index contributed by atoms with van der Waals surface area (Å²) >= 11 is 0. The van der Waals surface area contributed by atoms with Gasteiger partial charge in [0.1, 0.15) is 12.4 Å². The Kier molecular flexibility index (Phi) is 4.74. The minimum atomic E-state index is -0.432. The lowest BCUT2D eigenvalue weighted by Crippen LogP contribution is -2.20. The fourth-order valence-electron chi connectivity index (χ4n) is 1.78. The van der Waals surface area contributed by atoms with Crippen LogP contribution in [0.25, 0.3) is 0 Å². The van der Waals surface area contributed by atoms with Crippen molar-refractivity contribution in [3.8, 4) is 5.75 Å². The molecule has 2 aromatic carbocycles. The third-order valence-corrected chi connectivity index (χ3v) is 2.94. The highest BCUT2D eigenvalue weighted by Crippen LogP contribution is 2.15. The summed E-state index contributed by atoms with van der Waals surface area (Å²) in [5.41, 5.74) is 4.76. The van der Waals surface area contributed by atoms with E-state index < -0.39 is 5.91 Å². The number of ether oxygens (including phenoxy) is 1. The molecule has 2 N–H and O–H groups in total. The predicted octanol–water partition coefficient (Wildman–Crippen LogP) is 2.62. The Hall–Kier alpha value is -2.33. The van der Waals surface area contributed by atoms with Gasteiger partial charge in [-0.3, -0.25) is 10.0 Å². The van der Waals surface area contributed by atoms with Gasteiger partial charge in [-0.1, -0.05) is 42.0 Å². The van der Waals surface area contributed by atoms with E-state index >= 15 is 0 Å². The number of rotatable bonds is 5. The van der Waals surface area contributed by atoms with Crippen LogP contribution in [0.15, 0.2) is 48.5 Å². The summed E-state index contributed by atoms with van der Waals surface area (Å²) in [4.78, 5) is 11.0. The molecule has 0 aliphatic rings. The summed E-state index contributed by atoms with van der Waals surface area (Å²) in [6, 6.07) is 15.4. The van der Waals surface area contributed by atoms with E-state index in [2.05, 4.69) is 12.1 Å². The van der Waals surface area contributed by atoms with Crippen molar-refractivity contribution < 1.29 is 14.7 Å². The Morgan fingerprint density at radius 1 is 1.05 bits per heavy atom. The van der Waals surface area contributed by atoms with Crippen LogP contribution in [0.1, 0.15) is 16.7 Å². The first-order chi connectivity index (χ1) is 9.67. The van der Waals surface area contributed by atoms with Gasteiger partial charge in [0.2, 0.25) is 5.91 Å². The number of amides is 1. The van der Waals surface area contributed by atoms with Crippen LogP contribution in [0.4, 0.5) is 0 Å². The average Bonchev–Trinajstić information content (AvgIpc) is 2.48. The molecule has 0 spiro atoms. The molecule has 0 saturated carbocycles. The Labute approximate surface area is 118 Å². The molecule has 0 aliphatic heterocycles. The maximum absolute atomic E-state index is 11.0. The first-order valence-electron chi connectivity index (χ1n) is 6.37. The summed E-state index contributed by atoms with van der Waals surface area (Å²) in [6.45, 7) is 2.56. The topological polar surface area (TPSA) is 58.6 Å². The van der Waals surface area contributed by atoms with Gasteiger partial charge in [0.25, 0.3) is 0 Å². The third kappa shape index (κ3) is 4.10. The summed E-state index contributed by atoms with van der Waals surface area (Å²) < 4.78 is 5.67. The number of nitrogens with one attached hydrogen (secondary N) is 1. The van der Waals surface area contributed by atoms with Gasteiger partial charge in [-0.15, -0.1) is 0 Å². The Balaban J connectivity index is 1.90. The van der Waals surface area contributed by atoms with Gasteiger partial charge in [-0.05, 0) is 30.2 Å². The zero-order valence-corrected chi connectivity index (χ0v) is 11.3. The predicted molar refractivity (Wildman–Crippen MR) is 75.6 cm³/mol. The van der Waals surface area contributed by atoms with Crippen LogP contribution in [0.5, 0.6) is 5.75 Å². The molecule has 0 heterocycles. The number of hydroxylamine groups is 1. The summed E-state index contributed by atoms with van der Waals surface area (Å²) in [6.07, 6.45) is 0.148. The molecule has 0 saturated heterocycles. The van der Waals surface area contributed by atoms with E-state index in [1.165, 1.54) is 5.56 Å². The van der Waals surface area contributed by atoms with E-state index in [1.54, 1.807) is 17.6 Å². The molecular weight excluding hydrogens is 254 g/mol. The van der Waals surface area contributed by atoms with E-state index in [9.17, 15) is 4.79 Å². The van der Waals surface area contributed by atoms with Crippen LogP contribution in [0, 0.1) is 6.92 Å². The lowest BCUT2D eigenvalue weighted by Gasteiger charge is -2.07. The molecule has 2 rings (SSSR count). The van der Waals surface area contributed by atoms with Gasteiger partial charge >= 0.3 is 0 Å². The maximum atomic E-state index is 11.0. The number of carbonyl (C=O) groups is 1. The molecule has 0 unspecified atom stereocenters. The quantitative estimate of drug-likeness (QED) is 0.649. The van der Waals surface area contributed by atoms with Crippen molar-refractivity contribution in [3.05, 3.63) is 65.2 Å². The van der Waals surface area contributed by atoms with Gasteiger partial charge in [-0.2, -0.15) is 0 Å². The number of hydrogen-bond acceptors (Lipinski definition) is 3. The van der Waals surface area contributed by atoms with E-state index in [-0.39, 0.29) is 6.42 Å². The summed E-state index contributed by atoms with van der Waals surface area (Å²) in [7, 11) is 0. The second kappa shape index (κ2) is 6.73. The number of hydrogen-bond donors (Lipinski definition) is 2. The minimum Gasteiger partial charge on any atom is -0.489 e. The number of carbonyl (C=O) groups excluding carboxylic acids is 1. The van der Waals surface area contributed by atoms with Crippen molar-refractivity contribution in [3.63, 3.8) is 0 Å². The van der Waals surface area contributed by atoms with Crippen LogP contribution in [-0.2, 0) is 17.8 Å². The molecule has 0 atom stereocenters. The van der Waals surface area contributed by atoms with Gasteiger partial charge in [0.15, 0.2) is 0 Å². The van der Waals surface area contributed by atoms with Crippen LogP contribution in [-0.4, -0.2) is 11.1 Å². The van der Waals surface area contributed by atoms with Crippen LogP contribution in [0.3, 0.4) is 0 Å². The van der Waals surface area contributed by atoms with E-state index in [0.717, 1.165) is 16.9 Å². The first kappa shape index (κ1) is 14.1. The molecule has 2 aromatic rings. The Bertz CT molecular complexity index is 561. The number of benzene rings is 2. The molecule has 0 fully saturated rings. The van der Waals surface area contributed by atoms with Gasteiger partial charge in [-0.25, -0.2) is 5.48 Å². The second-order valence-corrected chi connectivity index (χ2v) is 4.63. The third-order valence-electron chi connectivity index (χ3n) is 2.94. The van der Waals surface area contributed by atoms with Gasteiger partial charge < -0.3 is 4.74 Å². The molecule has 0 aliphatic carbocycles. The zero-order valence-electron chi connectivity index (χ0n) is 11.3. The molecule has 0 aromatic heterocycles. The SMILES string of the molecule is Cc1ccc(COc2ccc(CC(=O)NO)cc2)cc1. The highest BCUT2D eigenvalue weighted by atomic mass is 16.5. The van der Waals surface area contributed by atoms with E-state index in [1.807, 2.05) is 31.2 Å². The zero-order chi connectivity index (χ0) is 14.4. The Morgan fingerprint density at radius 2 is 1.65 bits per heavy atom. The average molecular weight is 271 g/mol. The lowest BCUT2D eigenvalue weighted by molar-refractivity contribution is -0.128. The smallest absolute Gasteiger partial charge is 0.247 e. The van der Waals surface area contributed by atoms with Crippen LogP contribution in [0.2, 0.25) is 0 Å². The highest BCUT2D eigenvalue weighted by molar-refractivity contribution is 5.77. The molecule has 0 radical (unpaired) electrons. The standard InChI is InChI=1S/C16H17NO3/c1-12-2-4-14(5-3-12)11-20-15-8-6-13(7-9-15)10-16(18)17-19/h2-9,19H,10-11H2,1H3,(H,17,18). The monoisotopic (exact) mass is 271 g/mol. The molecular formula is C16H17NO3.